The molecule has 1 N–H and O–H groups in total. The maximum Gasteiger partial charge on any atom is 0.224 e. The van der Waals surface area contributed by atoms with Crippen molar-refractivity contribution < 1.29 is 0 Å². The van der Waals surface area contributed by atoms with Crippen LogP contribution in [-0.4, -0.2) is 9.97 Å². The summed E-state index contributed by atoms with van der Waals surface area (Å²) in [4.78, 5) is 7.88. The van der Waals surface area contributed by atoms with Crippen molar-refractivity contribution in [2.75, 3.05) is 5.32 Å². The van der Waals surface area contributed by atoms with Gasteiger partial charge in [0.05, 0.1) is 0 Å². The number of benzene rings is 1. The van der Waals surface area contributed by atoms with Gasteiger partial charge in [0.1, 0.15) is 5.82 Å². The van der Waals surface area contributed by atoms with Gasteiger partial charge in [0.25, 0.3) is 0 Å². The average Bonchev–Trinajstić information content (AvgIpc) is 2.27. The molecule has 0 saturated carbocycles. The smallest absolute Gasteiger partial charge is 0.224 e. The summed E-state index contributed by atoms with van der Waals surface area (Å²) in [6.45, 7) is 2.81. The van der Waals surface area contributed by atoms with Crippen molar-refractivity contribution in [1.29, 1.82) is 0 Å². The minimum Gasteiger partial charge on any atom is -0.366 e. The number of hydrogen-bond acceptors (Lipinski definition) is 3. The minimum absolute atomic E-state index is 0.259. The van der Waals surface area contributed by atoms with E-state index < -0.39 is 0 Å². The first kappa shape index (κ1) is 10.9. The Hall–Kier alpha value is -1.61. The van der Waals surface area contributed by atoms with Crippen molar-refractivity contribution in [3.63, 3.8) is 0 Å². The van der Waals surface area contributed by atoms with Gasteiger partial charge >= 0.3 is 0 Å². The maximum atomic E-state index is 5.69. The van der Waals surface area contributed by atoms with Gasteiger partial charge in [-0.25, -0.2) is 9.97 Å². The van der Waals surface area contributed by atoms with Crippen LogP contribution in [0.25, 0.3) is 0 Å². The predicted octanol–water partition coefficient (Wildman–Crippen LogP) is 3.05. The van der Waals surface area contributed by atoms with Crippen LogP contribution in [0.15, 0.2) is 36.5 Å². The third-order valence-corrected chi connectivity index (χ3v) is 2.36. The molecule has 0 amide bonds. The Morgan fingerprint density at radius 3 is 2.94 bits per heavy atom. The van der Waals surface area contributed by atoms with Crippen LogP contribution in [0.5, 0.6) is 0 Å². The lowest BCUT2D eigenvalue weighted by molar-refractivity contribution is 1.08. The summed E-state index contributed by atoms with van der Waals surface area (Å²) in [5.41, 5.74) is 2.47. The Bertz CT molecular complexity index is 440. The standard InChI is InChI=1S/C12H12ClN3/c1-9-3-2-4-10(7-9)8-15-11-5-6-14-12(13)16-11/h2-7H,8H2,1H3,(H,14,15,16). The van der Waals surface area contributed by atoms with Crippen LogP contribution in [0.4, 0.5) is 5.82 Å². The molecule has 0 unspecified atom stereocenters. The molecule has 0 aliphatic rings. The van der Waals surface area contributed by atoms with Gasteiger partial charge in [-0.2, -0.15) is 0 Å². The van der Waals surface area contributed by atoms with Crippen LogP contribution in [0.2, 0.25) is 5.28 Å². The second-order valence-electron chi connectivity index (χ2n) is 3.55. The number of nitrogens with zero attached hydrogens (tertiary/aromatic N) is 2. The topological polar surface area (TPSA) is 37.8 Å². The van der Waals surface area contributed by atoms with Crippen molar-refractivity contribution in [1.82, 2.24) is 9.97 Å². The normalized spacial score (nSPS) is 10.1. The van der Waals surface area contributed by atoms with Crippen LogP contribution in [0.3, 0.4) is 0 Å². The molecule has 0 aliphatic carbocycles. The van der Waals surface area contributed by atoms with E-state index in [1.165, 1.54) is 11.1 Å². The van der Waals surface area contributed by atoms with Crippen LogP contribution in [-0.2, 0) is 6.54 Å². The molecular formula is C12H12ClN3. The number of hydrogen-bond donors (Lipinski definition) is 1. The van der Waals surface area contributed by atoms with E-state index >= 15 is 0 Å². The van der Waals surface area contributed by atoms with Gasteiger partial charge in [-0.05, 0) is 30.2 Å². The second-order valence-corrected chi connectivity index (χ2v) is 3.89. The largest absolute Gasteiger partial charge is 0.366 e. The Morgan fingerprint density at radius 2 is 2.19 bits per heavy atom. The number of rotatable bonds is 3. The Kier molecular flexibility index (Phi) is 3.37. The summed E-state index contributed by atoms with van der Waals surface area (Å²) < 4.78 is 0. The minimum atomic E-state index is 0.259. The zero-order chi connectivity index (χ0) is 11.4. The first-order chi connectivity index (χ1) is 7.74. The predicted molar refractivity (Wildman–Crippen MR) is 65.5 cm³/mol. The Labute approximate surface area is 99.5 Å². The highest BCUT2D eigenvalue weighted by atomic mass is 35.5. The van der Waals surface area contributed by atoms with Gasteiger partial charge in [0.15, 0.2) is 0 Å². The SMILES string of the molecule is Cc1cccc(CNc2ccnc(Cl)n2)c1. The first-order valence-corrected chi connectivity index (χ1v) is 5.40. The molecule has 2 aromatic rings. The van der Waals surface area contributed by atoms with E-state index in [4.69, 9.17) is 11.6 Å². The van der Waals surface area contributed by atoms with Gasteiger partial charge < -0.3 is 5.32 Å². The lowest BCUT2D eigenvalue weighted by atomic mass is 10.1. The highest BCUT2D eigenvalue weighted by Crippen LogP contribution is 2.09. The van der Waals surface area contributed by atoms with Gasteiger partial charge in [0.2, 0.25) is 5.28 Å². The molecule has 2 rings (SSSR count). The molecule has 1 aromatic heterocycles. The molecule has 0 bridgehead atoms. The van der Waals surface area contributed by atoms with Gasteiger partial charge in [-0.3, -0.25) is 0 Å². The van der Waals surface area contributed by atoms with Crippen LogP contribution in [0, 0.1) is 6.92 Å². The summed E-state index contributed by atoms with van der Waals surface area (Å²) in [6.07, 6.45) is 1.63. The van der Waals surface area contributed by atoms with E-state index in [2.05, 4.69) is 40.4 Å². The van der Waals surface area contributed by atoms with E-state index in [1.54, 1.807) is 12.3 Å². The molecule has 0 saturated heterocycles. The van der Waals surface area contributed by atoms with Gasteiger partial charge in [-0.1, -0.05) is 29.8 Å². The molecule has 82 valence electrons. The molecule has 3 nitrogen and oxygen atoms in total. The number of aryl methyl sites for hydroxylation is 1. The molecule has 16 heavy (non-hydrogen) atoms. The monoisotopic (exact) mass is 233 g/mol. The van der Waals surface area contributed by atoms with Crippen LogP contribution in [0.1, 0.15) is 11.1 Å². The van der Waals surface area contributed by atoms with Gasteiger partial charge in [0, 0.05) is 12.7 Å². The molecule has 4 heteroatoms. The van der Waals surface area contributed by atoms with E-state index in [1.807, 2.05) is 6.07 Å². The highest BCUT2D eigenvalue weighted by molar-refractivity contribution is 6.28. The Balaban J connectivity index is 2.02. The number of aromatic nitrogens is 2. The van der Waals surface area contributed by atoms with Crippen molar-refractivity contribution in [3.8, 4) is 0 Å². The fraction of sp³-hybridized carbons (Fsp3) is 0.167. The maximum absolute atomic E-state index is 5.69. The lowest BCUT2D eigenvalue weighted by Crippen LogP contribution is -2.01. The molecule has 0 radical (unpaired) electrons. The Morgan fingerprint density at radius 1 is 1.31 bits per heavy atom. The summed E-state index contributed by atoms with van der Waals surface area (Å²) in [5, 5.41) is 3.45. The third kappa shape index (κ3) is 2.94. The summed E-state index contributed by atoms with van der Waals surface area (Å²) >= 11 is 5.69. The number of halogens is 1. The van der Waals surface area contributed by atoms with Crippen LogP contribution >= 0.6 is 11.6 Å². The molecule has 1 heterocycles. The fourth-order valence-corrected chi connectivity index (χ4v) is 1.60. The number of anilines is 1. The molecule has 0 spiro atoms. The molecular weight excluding hydrogens is 222 g/mol. The quantitative estimate of drug-likeness (QED) is 0.828. The molecule has 1 aromatic carbocycles. The first-order valence-electron chi connectivity index (χ1n) is 5.02. The van der Waals surface area contributed by atoms with Crippen molar-refractivity contribution in [2.24, 2.45) is 0 Å². The third-order valence-electron chi connectivity index (χ3n) is 2.18. The lowest BCUT2D eigenvalue weighted by Gasteiger charge is -2.06. The zero-order valence-corrected chi connectivity index (χ0v) is 9.70. The van der Waals surface area contributed by atoms with Crippen molar-refractivity contribution in [2.45, 2.75) is 13.5 Å². The van der Waals surface area contributed by atoms with Crippen molar-refractivity contribution >= 4 is 17.4 Å². The van der Waals surface area contributed by atoms with E-state index in [-0.39, 0.29) is 5.28 Å². The van der Waals surface area contributed by atoms with E-state index in [0.717, 1.165) is 12.4 Å². The number of nitrogens with one attached hydrogen (secondary N) is 1. The summed E-state index contributed by atoms with van der Waals surface area (Å²) in [5.74, 6) is 0.738. The summed E-state index contributed by atoms with van der Waals surface area (Å²) in [6, 6.07) is 10.1. The second kappa shape index (κ2) is 4.94. The van der Waals surface area contributed by atoms with Gasteiger partial charge in [-0.15, -0.1) is 0 Å². The fourth-order valence-electron chi connectivity index (χ4n) is 1.45. The van der Waals surface area contributed by atoms with Crippen LogP contribution < -0.4 is 5.32 Å². The molecule has 0 atom stereocenters. The van der Waals surface area contributed by atoms with E-state index in [0.29, 0.717) is 0 Å². The van der Waals surface area contributed by atoms with Crippen molar-refractivity contribution in [3.05, 3.63) is 52.9 Å². The molecule has 0 aliphatic heterocycles. The average molecular weight is 234 g/mol. The van der Waals surface area contributed by atoms with E-state index in [9.17, 15) is 0 Å². The summed E-state index contributed by atoms with van der Waals surface area (Å²) in [7, 11) is 0. The zero-order valence-electron chi connectivity index (χ0n) is 8.94. The highest BCUT2D eigenvalue weighted by Gasteiger charge is 1.97. The molecule has 0 fully saturated rings.